The van der Waals surface area contributed by atoms with E-state index in [0.29, 0.717) is 12.8 Å². The Balaban J connectivity index is 2.59. The zero-order valence-electron chi connectivity index (χ0n) is 9.39. The molecule has 0 aromatic carbocycles. The lowest BCUT2D eigenvalue weighted by molar-refractivity contribution is 0.313. The summed E-state index contributed by atoms with van der Waals surface area (Å²) in [7, 11) is -2.92. The van der Waals surface area contributed by atoms with Crippen LogP contribution in [0.3, 0.4) is 0 Å². The number of nitrogens with two attached hydrogens (primary N) is 1. The van der Waals surface area contributed by atoms with Crippen LogP contribution in [0, 0.1) is 0 Å². The van der Waals surface area contributed by atoms with E-state index >= 15 is 0 Å². The average molecular weight is 249 g/mol. The molecule has 16 heavy (non-hydrogen) atoms. The Labute approximate surface area is 95.8 Å². The number of oxime groups is 1. The van der Waals surface area contributed by atoms with Gasteiger partial charge in [0.15, 0.2) is 15.7 Å². The summed E-state index contributed by atoms with van der Waals surface area (Å²) in [5.74, 6) is 0.513. The summed E-state index contributed by atoms with van der Waals surface area (Å²) < 4.78 is 22.8. The maximum atomic E-state index is 11.4. The third-order valence-corrected chi connectivity index (χ3v) is 4.60. The molecule has 4 N–H and O–H groups in total. The van der Waals surface area contributed by atoms with E-state index in [1.807, 2.05) is 6.92 Å². The van der Waals surface area contributed by atoms with Gasteiger partial charge in [-0.25, -0.2) is 8.42 Å². The van der Waals surface area contributed by atoms with Gasteiger partial charge in [0.25, 0.3) is 0 Å². The summed E-state index contributed by atoms with van der Waals surface area (Å²) in [6, 6.07) is -0.354. The summed E-state index contributed by atoms with van der Waals surface area (Å²) in [5.41, 5.74) is 5.50. The number of rotatable bonds is 4. The SMILES string of the molecule is CCC(NC1CCCS(=O)(=O)C1)C(N)=NO. The van der Waals surface area contributed by atoms with Crippen LogP contribution in [0.25, 0.3) is 0 Å². The van der Waals surface area contributed by atoms with Gasteiger partial charge in [-0.15, -0.1) is 0 Å². The van der Waals surface area contributed by atoms with Crippen LogP contribution in [-0.4, -0.2) is 43.1 Å². The second-order valence-electron chi connectivity index (χ2n) is 4.11. The molecule has 0 radical (unpaired) electrons. The maximum Gasteiger partial charge on any atom is 0.156 e. The molecule has 0 saturated carbocycles. The van der Waals surface area contributed by atoms with Crippen LogP contribution in [-0.2, 0) is 9.84 Å². The maximum absolute atomic E-state index is 11.4. The molecular weight excluding hydrogens is 230 g/mol. The minimum Gasteiger partial charge on any atom is -0.409 e. The molecule has 0 amide bonds. The van der Waals surface area contributed by atoms with Gasteiger partial charge in [0.1, 0.15) is 0 Å². The van der Waals surface area contributed by atoms with E-state index in [0.717, 1.165) is 6.42 Å². The highest BCUT2D eigenvalue weighted by Gasteiger charge is 2.27. The number of amidine groups is 1. The Hall–Kier alpha value is -0.820. The van der Waals surface area contributed by atoms with Crippen molar-refractivity contribution in [3.05, 3.63) is 0 Å². The molecule has 6 nitrogen and oxygen atoms in total. The fraction of sp³-hybridized carbons (Fsp3) is 0.889. The summed E-state index contributed by atoms with van der Waals surface area (Å²) in [6.07, 6.45) is 2.15. The van der Waals surface area contributed by atoms with Gasteiger partial charge in [-0.2, -0.15) is 0 Å². The van der Waals surface area contributed by atoms with Crippen LogP contribution >= 0.6 is 0 Å². The Morgan fingerprint density at radius 1 is 1.69 bits per heavy atom. The van der Waals surface area contributed by atoms with E-state index in [2.05, 4.69) is 10.5 Å². The molecule has 1 fully saturated rings. The zero-order chi connectivity index (χ0) is 12.2. The lowest BCUT2D eigenvalue weighted by Gasteiger charge is -2.27. The molecular formula is C9H19N3O3S. The molecule has 7 heteroatoms. The van der Waals surface area contributed by atoms with Crippen molar-refractivity contribution in [2.75, 3.05) is 11.5 Å². The molecule has 2 unspecified atom stereocenters. The van der Waals surface area contributed by atoms with E-state index in [-0.39, 0.29) is 29.4 Å². The van der Waals surface area contributed by atoms with Crippen LogP contribution in [0.4, 0.5) is 0 Å². The smallest absolute Gasteiger partial charge is 0.156 e. The van der Waals surface area contributed by atoms with E-state index in [4.69, 9.17) is 10.9 Å². The first-order valence-electron chi connectivity index (χ1n) is 5.42. The zero-order valence-corrected chi connectivity index (χ0v) is 10.2. The number of nitrogens with zero attached hydrogens (tertiary/aromatic N) is 1. The summed E-state index contributed by atoms with van der Waals surface area (Å²) in [6.45, 7) is 1.90. The van der Waals surface area contributed by atoms with Crippen molar-refractivity contribution in [3.63, 3.8) is 0 Å². The third kappa shape index (κ3) is 3.64. The Bertz CT molecular complexity index is 353. The third-order valence-electron chi connectivity index (χ3n) is 2.78. The van der Waals surface area contributed by atoms with Crippen LogP contribution in [0.5, 0.6) is 0 Å². The van der Waals surface area contributed by atoms with Crippen molar-refractivity contribution < 1.29 is 13.6 Å². The van der Waals surface area contributed by atoms with E-state index in [1.54, 1.807) is 0 Å². The monoisotopic (exact) mass is 249 g/mol. The van der Waals surface area contributed by atoms with Gasteiger partial charge in [0.2, 0.25) is 0 Å². The number of hydrogen-bond donors (Lipinski definition) is 3. The van der Waals surface area contributed by atoms with Crippen molar-refractivity contribution in [1.29, 1.82) is 0 Å². The lowest BCUT2D eigenvalue weighted by Crippen LogP contribution is -2.50. The molecule has 1 aliphatic heterocycles. The summed E-state index contributed by atoms with van der Waals surface area (Å²) >= 11 is 0. The quantitative estimate of drug-likeness (QED) is 0.274. The first kappa shape index (κ1) is 13.2. The second kappa shape index (κ2) is 5.49. The predicted octanol–water partition coefficient (Wildman–Crippen LogP) is -0.322. The molecule has 0 spiro atoms. The molecule has 1 rings (SSSR count). The second-order valence-corrected chi connectivity index (χ2v) is 6.33. The molecule has 1 heterocycles. The van der Waals surface area contributed by atoms with Gasteiger partial charge < -0.3 is 16.3 Å². The molecule has 2 atom stereocenters. The van der Waals surface area contributed by atoms with Crippen molar-refractivity contribution in [2.24, 2.45) is 10.9 Å². The normalized spacial score (nSPS) is 27.6. The van der Waals surface area contributed by atoms with E-state index < -0.39 is 9.84 Å². The van der Waals surface area contributed by atoms with Crippen molar-refractivity contribution >= 4 is 15.7 Å². The fourth-order valence-electron chi connectivity index (χ4n) is 1.92. The van der Waals surface area contributed by atoms with E-state index in [9.17, 15) is 8.42 Å². The fourth-order valence-corrected chi connectivity index (χ4v) is 3.57. The highest BCUT2D eigenvalue weighted by Crippen LogP contribution is 2.13. The Morgan fingerprint density at radius 2 is 2.38 bits per heavy atom. The molecule has 0 aromatic rings. The molecule has 94 valence electrons. The number of nitrogens with one attached hydrogen (secondary N) is 1. The Morgan fingerprint density at radius 3 is 2.88 bits per heavy atom. The summed E-state index contributed by atoms with van der Waals surface area (Å²) in [5, 5.41) is 14.6. The minimum absolute atomic E-state index is 0.0935. The number of hydrogen-bond acceptors (Lipinski definition) is 5. The van der Waals surface area contributed by atoms with Crippen molar-refractivity contribution in [2.45, 2.75) is 38.3 Å². The standard InChI is InChI=1S/C9H19N3O3S/c1-2-8(9(10)12-13)11-7-4-3-5-16(14,15)6-7/h7-8,11,13H,2-6H2,1H3,(H2,10,12). The van der Waals surface area contributed by atoms with Gasteiger partial charge in [0, 0.05) is 6.04 Å². The van der Waals surface area contributed by atoms with E-state index in [1.165, 1.54) is 0 Å². The van der Waals surface area contributed by atoms with Crippen LogP contribution in [0.15, 0.2) is 5.16 Å². The van der Waals surface area contributed by atoms with Crippen LogP contribution in [0.2, 0.25) is 0 Å². The minimum atomic E-state index is -2.92. The van der Waals surface area contributed by atoms with Crippen LogP contribution in [0.1, 0.15) is 26.2 Å². The van der Waals surface area contributed by atoms with Gasteiger partial charge in [0.05, 0.1) is 17.5 Å². The summed E-state index contributed by atoms with van der Waals surface area (Å²) in [4.78, 5) is 0. The first-order chi connectivity index (χ1) is 7.48. The predicted molar refractivity (Wildman–Crippen MR) is 62.3 cm³/mol. The largest absolute Gasteiger partial charge is 0.409 e. The molecule has 0 bridgehead atoms. The average Bonchev–Trinajstić information content (AvgIpc) is 2.23. The van der Waals surface area contributed by atoms with Gasteiger partial charge in [-0.05, 0) is 19.3 Å². The molecule has 0 aliphatic carbocycles. The van der Waals surface area contributed by atoms with Gasteiger partial charge >= 0.3 is 0 Å². The van der Waals surface area contributed by atoms with Crippen LogP contribution < -0.4 is 11.1 Å². The van der Waals surface area contributed by atoms with Gasteiger partial charge in [-0.3, -0.25) is 0 Å². The molecule has 1 aliphatic rings. The molecule has 1 saturated heterocycles. The topological polar surface area (TPSA) is 105 Å². The highest BCUT2D eigenvalue weighted by atomic mass is 32.2. The number of sulfone groups is 1. The van der Waals surface area contributed by atoms with Crippen molar-refractivity contribution in [1.82, 2.24) is 5.32 Å². The van der Waals surface area contributed by atoms with Crippen molar-refractivity contribution in [3.8, 4) is 0 Å². The van der Waals surface area contributed by atoms with Gasteiger partial charge in [-0.1, -0.05) is 12.1 Å². The molecule has 0 aromatic heterocycles. The first-order valence-corrected chi connectivity index (χ1v) is 7.24. The Kier molecular flexibility index (Phi) is 4.55. The lowest BCUT2D eigenvalue weighted by atomic mass is 10.1. The highest BCUT2D eigenvalue weighted by molar-refractivity contribution is 7.91.